The number of aromatic nitrogens is 1. The molecule has 0 saturated carbocycles. The molecule has 3 heterocycles. The topological polar surface area (TPSA) is 67.6 Å². The van der Waals surface area contributed by atoms with E-state index in [-0.39, 0.29) is 11.7 Å². The van der Waals surface area contributed by atoms with Gasteiger partial charge in [-0.2, -0.15) is 0 Å². The highest BCUT2D eigenvalue weighted by Gasteiger charge is 2.26. The second-order valence-corrected chi connectivity index (χ2v) is 8.81. The van der Waals surface area contributed by atoms with E-state index in [9.17, 15) is 9.18 Å². The molecule has 1 amide bonds. The van der Waals surface area contributed by atoms with Gasteiger partial charge in [-0.25, -0.2) is 4.39 Å². The van der Waals surface area contributed by atoms with E-state index in [1.165, 1.54) is 6.07 Å². The molecular formula is C26H28FN3O3. The van der Waals surface area contributed by atoms with Gasteiger partial charge in [-0.1, -0.05) is 29.4 Å². The minimum absolute atomic E-state index is 0.0397. The van der Waals surface area contributed by atoms with Gasteiger partial charge >= 0.3 is 0 Å². The number of amides is 1. The van der Waals surface area contributed by atoms with E-state index in [2.05, 4.69) is 15.4 Å². The number of rotatable bonds is 8. The summed E-state index contributed by atoms with van der Waals surface area (Å²) in [5, 5.41) is 7.08. The predicted molar refractivity (Wildman–Crippen MR) is 124 cm³/mol. The van der Waals surface area contributed by atoms with Crippen molar-refractivity contribution < 1.29 is 18.4 Å². The average Bonchev–Trinajstić information content (AvgIpc) is 3.45. The zero-order chi connectivity index (χ0) is 22.6. The summed E-state index contributed by atoms with van der Waals surface area (Å²) < 4.78 is 25.3. The highest BCUT2D eigenvalue weighted by atomic mass is 19.1. The van der Waals surface area contributed by atoms with Crippen molar-refractivity contribution in [3.05, 3.63) is 65.8 Å². The maximum Gasteiger partial charge on any atom is 0.228 e. The summed E-state index contributed by atoms with van der Waals surface area (Å²) in [7, 11) is 0. The highest BCUT2D eigenvalue weighted by Crippen LogP contribution is 2.35. The van der Waals surface area contributed by atoms with Crippen molar-refractivity contribution in [2.24, 2.45) is 0 Å². The quantitative estimate of drug-likeness (QED) is 0.490. The van der Waals surface area contributed by atoms with Crippen LogP contribution in [0, 0.1) is 5.82 Å². The highest BCUT2D eigenvalue weighted by molar-refractivity contribution is 5.99. The number of halogens is 1. The van der Waals surface area contributed by atoms with Gasteiger partial charge in [0, 0.05) is 28.8 Å². The fourth-order valence-electron chi connectivity index (χ4n) is 4.76. The van der Waals surface area contributed by atoms with Crippen LogP contribution in [0.3, 0.4) is 0 Å². The lowest BCUT2D eigenvalue weighted by molar-refractivity contribution is -0.115. The molecule has 2 aliphatic rings. The summed E-state index contributed by atoms with van der Waals surface area (Å²) >= 11 is 0. The number of carbonyl (C=O) groups is 1. The van der Waals surface area contributed by atoms with E-state index in [0.29, 0.717) is 24.5 Å². The van der Waals surface area contributed by atoms with Gasteiger partial charge < -0.3 is 19.5 Å². The molecule has 0 atom stereocenters. The number of piperidine rings is 1. The average molecular weight is 450 g/mol. The lowest BCUT2D eigenvalue weighted by Gasteiger charge is -2.31. The first-order chi connectivity index (χ1) is 16.2. The minimum Gasteiger partial charge on any atom is -0.494 e. The number of nitrogens with zero attached hydrogens (tertiary/aromatic N) is 2. The van der Waals surface area contributed by atoms with Crippen LogP contribution in [0.15, 0.2) is 53.3 Å². The fourth-order valence-corrected chi connectivity index (χ4v) is 4.76. The number of carbonyl (C=O) groups excluding carboxylic acids is 1. The molecule has 1 aromatic heterocycles. The summed E-state index contributed by atoms with van der Waals surface area (Å²) in [4.78, 5) is 13.9. The number of likely N-dealkylation sites (tertiary alicyclic amines) is 1. The summed E-state index contributed by atoms with van der Waals surface area (Å²) in [5.41, 5.74) is 4.10. The Morgan fingerprint density at radius 1 is 1.12 bits per heavy atom. The van der Waals surface area contributed by atoms with Crippen LogP contribution in [-0.2, 0) is 11.2 Å². The SMILES string of the molecule is O=C1Cc2ccc(OCCCCN3CCC(c4nocc4-c4ccccc4F)CC3)cc2N1. The number of unbranched alkanes of at least 4 members (excludes halogenated alkanes) is 1. The van der Waals surface area contributed by atoms with E-state index in [4.69, 9.17) is 9.26 Å². The Balaban J connectivity index is 1.05. The second kappa shape index (κ2) is 9.75. The summed E-state index contributed by atoms with van der Waals surface area (Å²) in [6, 6.07) is 12.6. The Bertz CT molecular complexity index is 1120. The van der Waals surface area contributed by atoms with Crippen molar-refractivity contribution in [2.45, 2.75) is 38.0 Å². The third-order valence-electron chi connectivity index (χ3n) is 6.58. The first kappa shape index (κ1) is 21.6. The number of hydrogen-bond donors (Lipinski definition) is 1. The number of benzene rings is 2. The van der Waals surface area contributed by atoms with Crippen LogP contribution in [-0.4, -0.2) is 42.2 Å². The van der Waals surface area contributed by atoms with Gasteiger partial charge in [0.2, 0.25) is 5.91 Å². The summed E-state index contributed by atoms with van der Waals surface area (Å²) in [6.45, 7) is 3.70. The molecule has 0 aliphatic carbocycles. The van der Waals surface area contributed by atoms with Crippen molar-refractivity contribution in [3.63, 3.8) is 0 Å². The Hall–Kier alpha value is -3.19. The molecule has 1 saturated heterocycles. The number of nitrogens with one attached hydrogen (secondary N) is 1. The Morgan fingerprint density at radius 2 is 1.97 bits per heavy atom. The normalized spacial score (nSPS) is 16.6. The van der Waals surface area contributed by atoms with Gasteiger partial charge in [-0.05, 0) is 63.0 Å². The smallest absolute Gasteiger partial charge is 0.228 e. The molecule has 172 valence electrons. The maximum absolute atomic E-state index is 14.2. The molecule has 0 bridgehead atoms. The third-order valence-corrected chi connectivity index (χ3v) is 6.58. The van der Waals surface area contributed by atoms with Gasteiger partial charge in [0.15, 0.2) is 0 Å². The molecule has 7 heteroatoms. The molecule has 0 radical (unpaired) electrons. The van der Waals surface area contributed by atoms with Crippen LogP contribution in [0.1, 0.15) is 42.9 Å². The van der Waals surface area contributed by atoms with Crippen molar-refractivity contribution >= 4 is 11.6 Å². The molecule has 0 unspecified atom stereocenters. The van der Waals surface area contributed by atoms with Gasteiger partial charge in [0.25, 0.3) is 0 Å². The summed E-state index contributed by atoms with van der Waals surface area (Å²) in [6.07, 6.45) is 6.04. The van der Waals surface area contributed by atoms with Crippen LogP contribution < -0.4 is 10.1 Å². The Kier molecular flexibility index (Phi) is 6.39. The minimum atomic E-state index is -0.244. The zero-order valence-corrected chi connectivity index (χ0v) is 18.6. The molecule has 2 aromatic carbocycles. The molecule has 2 aliphatic heterocycles. The van der Waals surface area contributed by atoms with Crippen LogP contribution in [0.5, 0.6) is 5.75 Å². The largest absolute Gasteiger partial charge is 0.494 e. The second-order valence-electron chi connectivity index (χ2n) is 8.81. The maximum atomic E-state index is 14.2. The Morgan fingerprint density at radius 3 is 2.82 bits per heavy atom. The number of anilines is 1. The van der Waals surface area contributed by atoms with Gasteiger partial charge in [-0.15, -0.1) is 0 Å². The molecule has 1 N–H and O–H groups in total. The molecule has 1 fully saturated rings. The standard InChI is InChI=1S/C26H28FN3O3/c27-23-6-2-1-5-21(23)22-17-33-29-26(22)18-9-12-30(13-10-18)11-3-4-14-32-20-8-7-19-15-25(31)28-24(19)16-20/h1-2,5-8,16-18H,3-4,9-15H2,(H,28,31). The molecule has 33 heavy (non-hydrogen) atoms. The van der Waals surface area contributed by atoms with Crippen molar-refractivity contribution in [2.75, 3.05) is 31.6 Å². The molecule has 0 spiro atoms. The van der Waals surface area contributed by atoms with Crippen LogP contribution in [0.25, 0.3) is 11.1 Å². The molecular weight excluding hydrogens is 421 g/mol. The van der Waals surface area contributed by atoms with Gasteiger partial charge in [0.1, 0.15) is 17.8 Å². The first-order valence-electron chi connectivity index (χ1n) is 11.6. The number of ether oxygens (including phenoxy) is 1. The molecule has 6 nitrogen and oxygen atoms in total. The van der Waals surface area contributed by atoms with Gasteiger partial charge in [0.05, 0.1) is 18.7 Å². The van der Waals surface area contributed by atoms with E-state index in [1.807, 2.05) is 24.3 Å². The van der Waals surface area contributed by atoms with Crippen molar-refractivity contribution in [1.29, 1.82) is 0 Å². The fraction of sp³-hybridized carbons (Fsp3) is 0.385. The van der Waals surface area contributed by atoms with Crippen LogP contribution in [0.4, 0.5) is 10.1 Å². The monoisotopic (exact) mass is 449 g/mol. The Labute approximate surface area is 192 Å². The van der Waals surface area contributed by atoms with E-state index < -0.39 is 0 Å². The molecule has 5 rings (SSSR count). The number of fused-ring (bicyclic) bond motifs is 1. The first-order valence-corrected chi connectivity index (χ1v) is 11.6. The van der Waals surface area contributed by atoms with E-state index in [1.54, 1.807) is 18.4 Å². The zero-order valence-electron chi connectivity index (χ0n) is 18.6. The molecule has 3 aromatic rings. The third kappa shape index (κ3) is 4.93. The van der Waals surface area contributed by atoms with Crippen LogP contribution >= 0.6 is 0 Å². The van der Waals surface area contributed by atoms with E-state index in [0.717, 1.165) is 73.6 Å². The predicted octanol–water partition coefficient (Wildman–Crippen LogP) is 5.01. The lowest BCUT2D eigenvalue weighted by Crippen LogP contribution is -2.34. The van der Waals surface area contributed by atoms with E-state index >= 15 is 0 Å². The lowest BCUT2D eigenvalue weighted by atomic mass is 9.89. The van der Waals surface area contributed by atoms with Crippen molar-refractivity contribution in [1.82, 2.24) is 10.1 Å². The van der Waals surface area contributed by atoms with Crippen molar-refractivity contribution in [3.8, 4) is 16.9 Å². The van der Waals surface area contributed by atoms with Gasteiger partial charge in [-0.3, -0.25) is 4.79 Å². The van der Waals surface area contributed by atoms with Crippen LogP contribution in [0.2, 0.25) is 0 Å². The number of hydrogen-bond acceptors (Lipinski definition) is 5. The summed E-state index contributed by atoms with van der Waals surface area (Å²) in [5.74, 6) is 0.887.